The molecule has 0 radical (unpaired) electrons. The minimum atomic E-state index is -0.0704. The van der Waals surface area contributed by atoms with Crippen LogP contribution in [-0.2, 0) is 9.47 Å². The molecule has 76 valence electrons. The van der Waals surface area contributed by atoms with Crippen molar-refractivity contribution in [2.75, 3.05) is 33.5 Å². The molecule has 13 heavy (non-hydrogen) atoms. The summed E-state index contributed by atoms with van der Waals surface area (Å²) in [5.74, 6) is 0. The Morgan fingerprint density at radius 3 is 2.77 bits per heavy atom. The largest absolute Gasteiger partial charge is 0.382 e. The van der Waals surface area contributed by atoms with Gasteiger partial charge < -0.3 is 14.8 Å². The molecule has 1 N–H and O–H groups in total. The van der Waals surface area contributed by atoms with E-state index in [0.29, 0.717) is 19.8 Å². The van der Waals surface area contributed by atoms with Crippen LogP contribution in [0.2, 0.25) is 0 Å². The Kier molecular flexibility index (Phi) is 9.00. The van der Waals surface area contributed by atoms with E-state index in [9.17, 15) is 0 Å². The maximum atomic E-state index is 8.45. The standard InChI is InChI=1S/C9H18N2O2/c1-9(8-10)11-4-3-5-13-7-6-12-2/h9,11H,3-7H2,1-2H3. The van der Waals surface area contributed by atoms with Gasteiger partial charge in [0.15, 0.2) is 0 Å². The first-order valence-electron chi connectivity index (χ1n) is 4.51. The molecule has 0 rings (SSSR count). The van der Waals surface area contributed by atoms with E-state index in [1.165, 1.54) is 0 Å². The number of methoxy groups -OCH3 is 1. The molecule has 4 heteroatoms. The van der Waals surface area contributed by atoms with Gasteiger partial charge in [0.1, 0.15) is 0 Å². The molecule has 1 unspecified atom stereocenters. The van der Waals surface area contributed by atoms with Gasteiger partial charge in [0.05, 0.1) is 25.3 Å². The summed E-state index contributed by atoms with van der Waals surface area (Å²) < 4.78 is 10.1. The molecule has 0 fully saturated rings. The molecular formula is C9H18N2O2. The van der Waals surface area contributed by atoms with E-state index in [2.05, 4.69) is 11.4 Å². The summed E-state index contributed by atoms with van der Waals surface area (Å²) in [6.45, 7) is 4.66. The van der Waals surface area contributed by atoms with Crippen molar-refractivity contribution in [2.45, 2.75) is 19.4 Å². The second-order valence-electron chi connectivity index (χ2n) is 2.76. The van der Waals surface area contributed by atoms with Gasteiger partial charge in [-0.2, -0.15) is 5.26 Å². The van der Waals surface area contributed by atoms with E-state index in [1.54, 1.807) is 7.11 Å². The lowest BCUT2D eigenvalue weighted by Crippen LogP contribution is -2.26. The Balaban J connectivity index is 2.96. The minimum Gasteiger partial charge on any atom is -0.382 e. The van der Waals surface area contributed by atoms with Crippen molar-refractivity contribution in [1.82, 2.24) is 5.32 Å². The molecule has 0 aliphatic carbocycles. The fourth-order valence-electron chi connectivity index (χ4n) is 0.783. The van der Waals surface area contributed by atoms with Crippen molar-refractivity contribution in [1.29, 1.82) is 5.26 Å². The fraction of sp³-hybridized carbons (Fsp3) is 0.889. The van der Waals surface area contributed by atoms with Gasteiger partial charge in [0.25, 0.3) is 0 Å². The van der Waals surface area contributed by atoms with Crippen LogP contribution in [0.4, 0.5) is 0 Å². The van der Waals surface area contributed by atoms with Crippen molar-refractivity contribution in [2.24, 2.45) is 0 Å². The van der Waals surface area contributed by atoms with E-state index in [-0.39, 0.29) is 6.04 Å². The summed E-state index contributed by atoms with van der Waals surface area (Å²) >= 11 is 0. The predicted octanol–water partition coefficient (Wildman–Crippen LogP) is 0.541. The Bertz CT molecular complexity index is 145. The van der Waals surface area contributed by atoms with Gasteiger partial charge >= 0.3 is 0 Å². The highest BCUT2D eigenvalue weighted by atomic mass is 16.5. The molecule has 0 saturated heterocycles. The highest BCUT2D eigenvalue weighted by Gasteiger charge is 1.95. The van der Waals surface area contributed by atoms with E-state index in [0.717, 1.165) is 13.0 Å². The average Bonchev–Trinajstić information content (AvgIpc) is 2.16. The van der Waals surface area contributed by atoms with Crippen LogP contribution in [-0.4, -0.2) is 39.5 Å². The number of hydrogen-bond acceptors (Lipinski definition) is 4. The summed E-state index contributed by atoms with van der Waals surface area (Å²) in [5, 5.41) is 11.5. The lowest BCUT2D eigenvalue weighted by molar-refractivity contribution is 0.0694. The zero-order valence-electron chi connectivity index (χ0n) is 8.38. The van der Waals surface area contributed by atoms with Gasteiger partial charge in [0, 0.05) is 13.7 Å². The second-order valence-corrected chi connectivity index (χ2v) is 2.76. The third kappa shape index (κ3) is 9.28. The van der Waals surface area contributed by atoms with Crippen molar-refractivity contribution in [3.63, 3.8) is 0 Å². The number of ether oxygens (including phenoxy) is 2. The van der Waals surface area contributed by atoms with E-state index in [1.807, 2.05) is 6.92 Å². The maximum absolute atomic E-state index is 8.45. The number of rotatable bonds is 8. The summed E-state index contributed by atoms with van der Waals surface area (Å²) in [5.41, 5.74) is 0. The molecule has 0 spiro atoms. The smallest absolute Gasteiger partial charge is 0.0924 e. The molecule has 0 saturated carbocycles. The van der Waals surface area contributed by atoms with Crippen molar-refractivity contribution in [3.8, 4) is 6.07 Å². The fourth-order valence-corrected chi connectivity index (χ4v) is 0.783. The highest BCUT2D eigenvalue weighted by Crippen LogP contribution is 1.83. The molecule has 0 aliphatic heterocycles. The Labute approximate surface area is 79.8 Å². The normalized spacial score (nSPS) is 12.4. The third-order valence-corrected chi connectivity index (χ3v) is 1.54. The summed E-state index contributed by atoms with van der Waals surface area (Å²) in [6.07, 6.45) is 0.926. The quantitative estimate of drug-likeness (QED) is 0.562. The Morgan fingerprint density at radius 1 is 1.38 bits per heavy atom. The van der Waals surface area contributed by atoms with Crippen molar-refractivity contribution >= 4 is 0 Å². The molecular weight excluding hydrogens is 168 g/mol. The lowest BCUT2D eigenvalue weighted by Gasteiger charge is -2.06. The van der Waals surface area contributed by atoms with E-state index >= 15 is 0 Å². The molecule has 0 aromatic rings. The first-order chi connectivity index (χ1) is 6.31. The van der Waals surface area contributed by atoms with Crippen LogP contribution in [0.5, 0.6) is 0 Å². The summed E-state index contributed by atoms with van der Waals surface area (Å²) in [4.78, 5) is 0. The first-order valence-corrected chi connectivity index (χ1v) is 4.51. The second kappa shape index (κ2) is 9.46. The monoisotopic (exact) mass is 186 g/mol. The summed E-state index contributed by atoms with van der Waals surface area (Å²) in [7, 11) is 1.65. The van der Waals surface area contributed by atoms with Gasteiger partial charge in [-0.1, -0.05) is 0 Å². The Hall–Kier alpha value is -0.630. The molecule has 0 bridgehead atoms. The van der Waals surface area contributed by atoms with Crippen LogP contribution < -0.4 is 5.32 Å². The number of nitrogens with one attached hydrogen (secondary N) is 1. The van der Waals surface area contributed by atoms with Crippen molar-refractivity contribution < 1.29 is 9.47 Å². The number of hydrogen-bond donors (Lipinski definition) is 1. The first kappa shape index (κ1) is 12.4. The predicted molar refractivity (Wildman–Crippen MR) is 50.4 cm³/mol. The lowest BCUT2D eigenvalue weighted by atomic mass is 10.3. The SMILES string of the molecule is COCCOCCCNC(C)C#N. The van der Waals surface area contributed by atoms with Gasteiger partial charge in [0.2, 0.25) is 0 Å². The topological polar surface area (TPSA) is 54.3 Å². The molecule has 0 heterocycles. The number of nitriles is 1. The van der Waals surface area contributed by atoms with Crippen LogP contribution in [0.15, 0.2) is 0 Å². The van der Waals surface area contributed by atoms with Crippen molar-refractivity contribution in [3.05, 3.63) is 0 Å². The molecule has 0 aromatic heterocycles. The van der Waals surface area contributed by atoms with Crippen LogP contribution in [0.1, 0.15) is 13.3 Å². The molecule has 0 aliphatic rings. The van der Waals surface area contributed by atoms with Crippen LogP contribution >= 0.6 is 0 Å². The van der Waals surface area contributed by atoms with Crippen LogP contribution in [0, 0.1) is 11.3 Å². The van der Waals surface area contributed by atoms with E-state index in [4.69, 9.17) is 14.7 Å². The van der Waals surface area contributed by atoms with Gasteiger partial charge in [-0.3, -0.25) is 0 Å². The van der Waals surface area contributed by atoms with Gasteiger partial charge in [-0.05, 0) is 19.9 Å². The minimum absolute atomic E-state index is 0.0704. The van der Waals surface area contributed by atoms with Crippen LogP contribution in [0.3, 0.4) is 0 Å². The molecule has 1 atom stereocenters. The molecule has 0 aromatic carbocycles. The molecule has 0 amide bonds. The van der Waals surface area contributed by atoms with Gasteiger partial charge in [-0.15, -0.1) is 0 Å². The van der Waals surface area contributed by atoms with Gasteiger partial charge in [-0.25, -0.2) is 0 Å². The molecule has 4 nitrogen and oxygen atoms in total. The Morgan fingerprint density at radius 2 is 2.15 bits per heavy atom. The van der Waals surface area contributed by atoms with E-state index < -0.39 is 0 Å². The third-order valence-electron chi connectivity index (χ3n) is 1.54. The zero-order valence-corrected chi connectivity index (χ0v) is 8.38. The number of nitrogens with zero attached hydrogens (tertiary/aromatic N) is 1. The van der Waals surface area contributed by atoms with Crippen LogP contribution in [0.25, 0.3) is 0 Å². The summed E-state index contributed by atoms with van der Waals surface area (Å²) in [6, 6.07) is 2.03. The zero-order chi connectivity index (χ0) is 9.94. The highest BCUT2D eigenvalue weighted by molar-refractivity contribution is 4.84. The maximum Gasteiger partial charge on any atom is 0.0924 e. The average molecular weight is 186 g/mol.